The number of nitrogens with zero attached hydrogens (tertiary/aromatic N) is 1. The van der Waals surface area contributed by atoms with E-state index in [0.717, 1.165) is 24.3 Å². The van der Waals surface area contributed by atoms with Gasteiger partial charge in [-0.05, 0) is 38.8 Å². The van der Waals surface area contributed by atoms with E-state index in [0.29, 0.717) is 49.2 Å². The zero-order valence-electron chi connectivity index (χ0n) is 21.3. The van der Waals surface area contributed by atoms with Gasteiger partial charge >= 0.3 is 0 Å². The maximum Gasteiger partial charge on any atom is 0.251 e. The Morgan fingerprint density at radius 1 is 1.00 bits per heavy atom. The minimum Gasteiger partial charge on any atom is -0.492 e. The van der Waals surface area contributed by atoms with Crippen LogP contribution in [-0.2, 0) is 9.53 Å². The van der Waals surface area contributed by atoms with Gasteiger partial charge in [-0.25, -0.2) is 0 Å². The number of morpholine rings is 1. The van der Waals surface area contributed by atoms with E-state index in [1.165, 1.54) is 0 Å². The second-order valence-corrected chi connectivity index (χ2v) is 8.83. The molecule has 1 saturated heterocycles. The Balaban J connectivity index is 1.85. The number of nitrogens with one attached hydrogen (secondary N) is 2. The van der Waals surface area contributed by atoms with E-state index >= 15 is 0 Å². The number of aryl methyl sites for hydroxylation is 1. The Kier molecular flexibility index (Phi) is 9.37. The molecule has 2 aromatic rings. The molecule has 8 nitrogen and oxygen atoms in total. The molecule has 0 spiro atoms. The van der Waals surface area contributed by atoms with Crippen LogP contribution in [-0.4, -0.2) is 57.4 Å². The lowest BCUT2D eigenvalue weighted by atomic mass is 10.0. The molecule has 0 radical (unpaired) electrons. The number of ether oxygens (including phenoxy) is 3. The fourth-order valence-corrected chi connectivity index (χ4v) is 3.92. The zero-order chi connectivity index (χ0) is 25.4. The third-order valence-corrected chi connectivity index (χ3v) is 5.82. The quantitative estimate of drug-likeness (QED) is 0.531. The van der Waals surface area contributed by atoms with Crippen LogP contribution in [0.3, 0.4) is 0 Å². The molecule has 0 aliphatic carbocycles. The second-order valence-electron chi connectivity index (χ2n) is 8.83. The van der Waals surface area contributed by atoms with E-state index < -0.39 is 6.04 Å². The minimum absolute atomic E-state index is 0.126. The molecule has 0 bridgehead atoms. The van der Waals surface area contributed by atoms with Gasteiger partial charge in [0.1, 0.15) is 17.5 Å². The molecule has 1 atom stereocenters. The summed E-state index contributed by atoms with van der Waals surface area (Å²) in [6, 6.07) is 10.2. The molecule has 190 valence electrons. The summed E-state index contributed by atoms with van der Waals surface area (Å²) in [7, 11) is 0. The van der Waals surface area contributed by atoms with E-state index in [1.807, 2.05) is 52.8 Å². The maximum atomic E-state index is 13.3. The summed E-state index contributed by atoms with van der Waals surface area (Å²) in [4.78, 5) is 28.3. The molecule has 35 heavy (non-hydrogen) atoms. The molecule has 1 fully saturated rings. The molecule has 2 amide bonds. The zero-order valence-corrected chi connectivity index (χ0v) is 21.3. The third-order valence-electron chi connectivity index (χ3n) is 5.82. The van der Waals surface area contributed by atoms with E-state index in [-0.39, 0.29) is 17.7 Å². The third kappa shape index (κ3) is 6.88. The van der Waals surface area contributed by atoms with Crippen LogP contribution >= 0.6 is 0 Å². The molecule has 0 aromatic heterocycles. The number of hydrogen-bond donors (Lipinski definition) is 2. The van der Waals surface area contributed by atoms with Crippen molar-refractivity contribution in [2.24, 2.45) is 5.92 Å². The van der Waals surface area contributed by atoms with Crippen LogP contribution in [0.25, 0.3) is 0 Å². The monoisotopic (exact) mass is 483 g/mol. The lowest BCUT2D eigenvalue weighted by molar-refractivity contribution is -0.118. The minimum atomic E-state index is -0.729. The highest BCUT2D eigenvalue weighted by Gasteiger charge is 2.27. The number of benzene rings is 2. The molecule has 1 unspecified atom stereocenters. The van der Waals surface area contributed by atoms with Crippen molar-refractivity contribution < 1.29 is 23.8 Å². The summed E-state index contributed by atoms with van der Waals surface area (Å²) in [5.74, 6) is 0.486. The van der Waals surface area contributed by atoms with E-state index in [2.05, 4.69) is 15.5 Å². The van der Waals surface area contributed by atoms with Crippen molar-refractivity contribution >= 4 is 23.2 Å². The predicted octanol–water partition coefficient (Wildman–Crippen LogP) is 4.02. The van der Waals surface area contributed by atoms with Crippen LogP contribution in [0, 0.1) is 12.8 Å². The normalized spacial score (nSPS) is 14.4. The van der Waals surface area contributed by atoms with Crippen LogP contribution in [0.4, 0.5) is 11.4 Å². The highest BCUT2D eigenvalue weighted by atomic mass is 16.5. The largest absolute Gasteiger partial charge is 0.492 e. The molecule has 8 heteroatoms. The highest BCUT2D eigenvalue weighted by Crippen LogP contribution is 2.39. The average Bonchev–Trinajstić information content (AvgIpc) is 2.84. The van der Waals surface area contributed by atoms with Crippen LogP contribution < -0.4 is 25.0 Å². The first-order valence-electron chi connectivity index (χ1n) is 12.3. The van der Waals surface area contributed by atoms with Crippen molar-refractivity contribution in [3.8, 4) is 11.5 Å². The Bertz CT molecular complexity index is 1000. The van der Waals surface area contributed by atoms with Crippen LogP contribution in [0.1, 0.15) is 43.6 Å². The van der Waals surface area contributed by atoms with Gasteiger partial charge in [0.25, 0.3) is 5.91 Å². The molecule has 3 rings (SSSR count). The number of hydrogen-bond acceptors (Lipinski definition) is 6. The van der Waals surface area contributed by atoms with Gasteiger partial charge in [-0.3, -0.25) is 9.59 Å². The molecule has 0 saturated carbocycles. The Hall–Kier alpha value is -3.26. The number of anilines is 2. The smallest absolute Gasteiger partial charge is 0.251 e. The molecule has 2 N–H and O–H groups in total. The first kappa shape index (κ1) is 26.3. The van der Waals surface area contributed by atoms with Gasteiger partial charge < -0.3 is 29.7 Å². The van der Waals surface area contributed by atoms with E-state index in [9.17, 15) is 9.59 Å². The number of carbonyl (C=O) groups excluding carboxylic acids is 2. The van der Waals surface area contributed by atoms with Crippen molar-refractivity contribution in [2.45, 2.75) is 40.7 Å². The maximum absolute atomic E-state index is 13.3. The van der Waals surface area contributed by atoms with Crippen molar-refractivity contribution in [3.05, 3.63) is 47.5 Å². The van der Waals surface area contributed by atoms with Gasteiger partial charge in [0.05, 0.1) is 37.8 Å². The Morgan fingerprint density at radius 2 is 1.63 bits per heavy atom. The van der Waals surface area contributed by atoms with Crippen LogP contribution in [0.2, 0.25) is 0 Å². The van der Waals surface area contributed by atoms with Crippen molar-refractivity contribution in [1.82, 2.24) is 5.32 Å². The van der Waals surface area contributed by atoms with Gasteiger partial charge in [0.2, 0.25) is 5.91 Å². The molecular formula is C27H37N3O5. The van der Waals surface area contributed by atoms with Crippen LogP contribution in [0.5, 0.6) is 11.5 Å². The first-order chi connectivity index (χ1) is 16.8. The summed E-state index contributed by atoms with van der Waals surface area (Å²) in [6.45, 7) is 13.3. The van der Waals surface area contributed by atoms with Gasteiger partial charge in [-0.1, -0.05) is 31.5 Å². The molecule has 1 aliphatic rings. The average molecular weight is 484 g/mol. The first-order valence-corrected chi connectivity index (χ1v) is 12.3. The summed E-state index contributed by atoms with van der Waals surface area (Å²) in [5, 5.41) is 5.85. The van der Waals surface area contributed by atoms with Crippen molar-refractivity contribution in [2.75, 3.05) is 49.7 Å². The van der Waals surface area contributed by atoms with E-state index in [1.54, 1.807) is 18.2 Å². The number of amides is 2. The van der Waals surface area contributed by atoms with E-state index in [4.69, 9.17) is 14.2 Å². The molecule has 1 heterocycles. The Labute approximate surface area is 207 Å². The topological polar surface area (TPSA) is 89.1 Å². The summed E-state index contributed by atoms with van der Waals surface area (Å²) in [6.07, 6.45) is 0. The second kappa shape index (κ2) is 12.4. The highest BCUT2D eigenvalue weighted by molar-refractivity contribution is 6.02. The van der Waals surface area contributed by atoms with Gasteiger partial charge in [0, 0.05) is 30.8 Å². The fourth-order valence-electron chi connectivity index (χ4n) is 3.92. The lowest BCUT2D eigenvalue weighted by Crippen LogP contribution is -2.47. The van der Waals surface area contributed by atoms with Gasteiger partial charge in [-0.15, -0.1) is 0 Å². The van der Waals surface area contributed by atoms with Crippen molar-refractivity contribution in [3.63, 3.8) is 0 Å². The predicted molar refractivity (Wildman–Crippen MR) is 138 cm³/mol. The Morgan fingerprint density at radius 3 is 2.23 bits per heavy atom. The standard InChI is InChI=1S/C27H37N3O5/c1-6-34-23-17-22(30-12-14-33-15-13-30)24(35-7-2)16-21(23)28-27(32)25(18(3)4)29-26(31)20-10-8-19(5)9-11-20/h8-11,16-18,25H,6-7,12-15H2,1-5H3,(H,28,32)(H,29,31). The van der Waals surface area contributed by atoms with Gasteiger partial charge in [0.15, 0.2) is 0 Å². The summed E-state index contributed by atoms with van der Waals surface area (Å²) >= 11 is 0. The summed E-state index contributed by atoms with van der Waals surface area (Å²) < 4.78 is 17.3. The number of rotatable bonds is 10. The lowest BCUT2D eigenvalue weighted by Gasteiger charge is -2.31. The molecule has 1 aliphatic heterocycles. The molecular weight excluding hydrogens is 446 g/mol. The number of carbonyl (C=O) groups is 2. The van der Waals surface area contributed by atoms with Gasteiger partial charge in [-0.2, -0.15) is 0 Å². The van der Waals surface area contributed by atoms with Crippen LogP contribution in [0.15, 0.2) is 36.4 Å². The SMILES string of the molecule is CCOc1cc(N2CCOCC2)c(OCC)cc1NC(=O)C(NC(=O)c1ccc(C)cc1)C(C)C. The fraction of sp³-hybridized carbons (Fsp3) is 0.481. The van der Waals surface area contributed by atoms with Crippen molar-refractivity contribution in [1.29, 1.82) is 0 Å². The molecule has 2 aromatic carbocycles. The summed E-state index contributed by atoms with van der Waals surface area (Å²) in [5.41, 5.74) is 2.99.